The summed E-state index contributed by atoms with van der Waals surface area (Å²) in [4.78, 5) is 25.8. The van der Waals surface area contributed by atoms with Crippen molar-refractivity contribution in [2.45, 2.75) is 13.3 Å². The average Bonchev–Trinajstić information content (AvgIpc) is 2.29. The molecule has 1 aromatic heterocycles. The van der Waals surface area contributed by atoms with Crippen LogP contribution in [-0.2, 0) is 9.53 Å². The second-order valence-electron chi connectivity index (χ2n) is 3.16. The van der Waals surface area contributed by atoms with Gasteiger partial charge >= 0.3 is 5.97 Å². The topological polar surface area (TPSA) is 68.3 Å². The number of aromatic nitrogens is 1. The molecular weight excluding hydrogens is 227 g/mol. The van der Waals surface area contributed by atoms with E-state index < -0.39 is 11.9 Å². The first-order valence-electron chi connectivity index (χ1n) is 5.20. The van der Waals surface area contributed by atoms with Gasteiger partial charge in [0.1, 0.15) is 5.69 Å². The molecule has 0 spiro atoms. The molecule has 0 aliphatic heterocycles. The lowest BCUT2D eigenvalue weighted by Gasteiger charge is -2.04. The molecule has 0 aliphatic carbocycles. The fraction of sp³-hybridized carbons (Fsp3) is 0.364. The van der Waals surface area contributed by atoms with Crippen LogP contribution in [0.15, 0.2) is 18.2 Å². The van der Waals surface area contributed by atoms with Gasteiger partial charge in [-0.05, 0) is 19.1 Å². The van der Waals surface area contributed by atoms with E-state index >= 15 is 0 Å². The Balaban J connectivity index is 2.38. The summed E-state index contributed by atoms with van der Waals surface area (Å²) in [6.45, 7) is 2.14. The van der Waals surface area contributed by atoms with E-state index in [1.54, 1.807) is 6.92 Å². The van der Waals surface area contributed by atoms with Gasteiger partial charge in [-0.3, -0.25) is 9.59 Å². The Kier molecular flexibility index (Phi) is 5.06. The van der Waals surface area contributed by atoms with Crippen molar-refractivity contribution in [2.75, 3.05) is 13.2 Å². The van der Waals surface area contributed by atoms with Crippen molar-refractivity contribution < 1.29 is 18.7 Å². The van der Waals surface area contributed by atoms with Crippen LogP contribution in [0.1, 0.15) is 23.8 Å². The number of rotatable bonds is 5. The van der Waals surface area contributed by atoms with E-state index in [-0.39, 0.29) is 24.6 Å². The predicted molar refractivity (Wildman–Crippen MR) is 57.8 cm³/mol. The highest BCUT2D eigenvalue weighted by Gasteiger charge is 2.08. The minimum atomic E-state index is -0.719. The Labute approximate surface area is 98.0 Å². The number of halogens is 1. The molecule has 1 amide bonds. The van der Waals surface area contributed by atoms with Crippen LogP contribution in [0.4, 0.5) is 4.39 Å². The fourth-order valence-electron chi connectivity index (χ4n) is 1.14. The summed E-state index contributed by atoms with van der Waals surface area (Å²) in [6.07, 6.45) is 0.0783. The van der Waals surface area contributed by atoms with Gasteiger partial charge < -0.3 is 10.1 Å². The van der Waals surface area contributed by atoms with Crippen LogP contribution < -0.4 is 5.32 Å². The van der Waals surface area contributed by atoms with Crippen molar-refractivity contribution in [1.82, 2.24) is 10.3 Å². The van der Waals surface area contributed by atoms with Gasteiger partial charge in [0, 0.05) is 6.54 Å². The second kappa shape index (κ2) is 6.57. The molecule has 17 heavy (non-hydrogen) atoms. The van der Waals surface area contributed by atoms with Crippen LogP contribution in [0.2, 0.25) is 0 Å². The number of nitrogens with one attached hydrogen (secondary N) is 1. The van der Waals surface area contributed by atoms with Gasteiger partial charge in [0.15, 0.2) is 0 Å². The Morgan fingerprint density at radius 3 is 2.88 bits per heavy atom. The van der Waals surface area contributed by atoms with Crippen molar-refractivity contribution in [3.8, 4) is 0 Å². The molecule has 6 heteroatoms. The van der Waals surface area contributed by atoms with Crippen LogP contribution in [0.5, 0.6) is 0 Å². The van der Waals surface area contributed by atoms with E-state index in [1.807, 2.05) is 0 Å². The minimum absolute atomic E-state index is 0.0196. The summed E-state index contributed by atoms with van der Waals surface area (Å²) in [7, 11) is 0. The normalized spacial score (nSPS) is 9.76. The third kappa shape index (κ3) is 4.58. The van der Waals surface area contributed by atoms with E-state index in [2.05, 4.69) is 15.0 Å². The summed E-state index contributed by atoms with van der Waals surface area (Å²) in [5.74, 6) is -1.63. The zero-order chi connectivity index (χ0) is 12.7. The number of carbonyl (C=O) groups is 2. The number of ether oxygens (including phenoxy) is 1. The minimum Gasteiger partial charge on any atom is -0.466 e. The molecule has 0 radical (unpaired) electrons. The van der Waals surface area contributed by atoms with Gasteiger partial charge in [-0.1, -0.05) is 6.07 Å². The van der Waals surface area contributed by atoms with Gasteiger partial charge in [-0.15, -0.1) is 0 Å². The van der Waals surface area contributed by atoms with E-state index in [0.29, 0.717) is 6.61 Å². The third-order valence-corrected chi connectivity index (χ3v) is 1.87. The monoisotopic (exact) mass is 240 g/mol. The fourth-order valence-corrected chi connectivity index (χ4v) is 1.14. The SMILES string of the molecule is CCOC(=O)CCNC(=O)c1cccc(F)n1. The summed E-state index contributed by atoms with van der Waals surface area (Å²) < 4.78 is 17.4. The van der Waals surface area contributed by atoms with Gasteiger partial charge in [0.25, 0.3) is 5.91 Å². The highest BCUT2D eigenvalue weighted by molar-refractivity contribution is 5.92. The van der Waals surface area contributed by atoms with Crippen LogP contribution in [0, 0.1) is 5.95 Å². The molecular formula is C11H13FN2O3. The largest absolute Gasteiger partial charge is 0.466 e. The summed E-state index contributed by atoms with van der Waals surface area (Å²) in [5, 5.41) is 2.45. The van der Waals surface area contributed by atoms with Gasteiger partial charge in [-0.25, -0.2) is 4.98 Å². The number of esters is 1. The Bertz CT molecular complexity index is 409. The zero-order valence-electron chi connectivity index (χ0n) is 9.40. The quantitative estimate of drug-likeness (QED) is 0.613. The maximum atomic E-state index is 12.7. The number of carbonyl (C=O) groups excluding carboxylic acids is 2. The first kappa shape index (κ1) is 13.1. The maximum Gasteiger partial charge on any atom is 0.307 e. The highest BCUT2D eigenvalue weighted by atomic mass is 19.1. The summed E-state index contributed by atoms with van der Waals surface area (Å²) >= 11 is 0. The van der Waals surface area contributed by atoms with Crippen LogP contribution in [-0.4, -0.2) is 30.0 Å². The molecule has 0 unspecified atom stereocenters. The molecule has 1 rings (SSSR count). The molecule has 92 valence electrons. The lowest BCUT2D eigenvalue weighted by atomic mass is 10.3. The Morgan fingerprint density at radius 1 is 1.47 bits per heavy atom. The first-order chi connectivity index (χ1) is 8.13. The average molecular weight is 240 g/mol. The Morgan fingerprint density at radius 2 is 2.24 bits per heavy atom. The van der Waals surface area contributed by atoms with Gasteiger partial charge in [0.2, 0.25) is 5.95 Å². The molecule has 1 aromatic rings. The number of amides is 1. The molecule has 0 atom stereocenters. The van der Waals surface area contributed by atoms with E-state index in [4.69, 9.17) is 0 Å². The molecule has 0 aliphatic rings. The summed E-state index contributed by atoms with van der Waals surface area (Å²) in [6, 6.07) is 3.93. The van der Waals surface area contributed by atoms with Crippen LogP contribution in [0.3, 0.4) is 0 Å². The molecule has 0 bridgehead atoms. The lowest BCUT2D eigenvalue weighted by Crippen LogP contribution is -2.27. The summed E-state index contributed by atoms with van der Waals surface area (Å²) in [5.41, 5.74) is -0.0196. The third-order valence-electron chi connectivity index (χ3n) is 1.87. The van der Waals surface area contributed by atoms with E-state index in [1.165, 1.54) is 12.1 Å². The number of hydrogen-bond donors (Lipinski definition) is 1. The lowest BCUT2D eigenvalue weighted by molar-refractivity contribution is -0.142. The Hall–Kier alpha value is -1.98. The molecule has 5 nitrogen and oxygen atoms in total. The van der Waals surface area contributed by atoms with E-state index in [9.17, 15) is 14.0 Å². The smallest absolute Gasteiger partial charge is 0.307 e. The maximum absolute atomic E-state index is 12.7. The number of nitrogens with zero attached hydrogens (tertiary/aromatic N) is 1. The zero-order valence-corrected chi connectivity index (χ0v) is 9.40. The van der Waals surface area contributed by atoms with Crippen molar-refractivity contribution in [1.29, 1.82) is 0 Å². The van der Waals surface area contributed by atoms with Crippen molar-refractivity contribution in [3.63, 3.8) is 0 Å². The molecule has 1 N–H and O–H groups in total. The highest BCUT2D eigenvalue weighted by Crippen LogP contribution is 1.97. The van der Waals surface area contributed by atoms with Crippen LogP contribution >= 0.6 is 0 Å². The van der Waals surface area contributed by atoms with Gasteiger partial charge in [0.05, 0.1) is 13.0 Å². The van der Waals surface area contributed by atoms with Crippen LogP contribution in [0.25, 0.3) is 0 Å². The number of pyridine rings is 1. The van der Waals surface area contributed by atoms with Crippen molar-refractivity contribution in [2.24, 2.45) is 0 Å². The standard InChI is InChI=1S/C11H13FN2O3/c1-2-17-10(15)6-7-13-11(16)8-4-3-5-9(12)14-8/h3-5H,2,6-7H2,1H3,(H,13,16). The molecule has 0 saturated heterocycles. The predicted octanol–water partition coefficient (Wildman–Crippen LogP) is 0.904. The second-order valence-corrected chi connectivity index (χ2v) is 3.16. The molecule has 0 fully saturated rings. The van der Waals surface area contributed by atoms with Gasteiger partial charge in [-0.2, -0.15) is 4.39 Å². The number of hydrogen-bond acceptors (Lipinski definition) is 4. The first-order valence-corrected chi connectivity index (χ1v) is 5.20. The van der Waals surface area contributed by atoms with Crippen molar-refractivity contribution >= 4 is 11.9 Å². The van der Waals surface area contributed by atoms with E-state index in [0.717, 1.165) is 6.07 Å². The molecule has 0 saturated carbocycles. The molecule has 0 aromatic carbocycles. The van der Waals surface area contributed by atoms with Crippen molar-refractivity contribution in [3.05, 3.63) is 29.8 Å². The molecule has 1 heterocycles.